The molecule has 1 aromatic heterocycles. The number of nitrogens with zero attached hydrogens (tertiary/aromatic N) is 2. The molecule has 0 fully saturated rings. The fraction of sp³-hybridized carbons (Fsp3) is 0.500. The van der Waals surface area contributed by atoms with Crippen molar-refractivity contribution in [3.8, 4) is 0 Å². The van der Waals surface area contributed by atoms with Crippen molar-refractivity contribution in [1.29, 1.82) is 0 Å². The van der Waals surface area contributed by atoms with Crippen LogP contribution in [0.3, 0.4) is 0 Å². The second-order valence-electron chi connectivity index (χ2n) is 4.46. The van der Waals surface area contributed by atoms with Crippen molar-refractivity contribution in [3.63, 3.8) is 0 Å². The van der Waals surface area contributed by atoms with Gasteiger partial charge in [0.2, 0.25) is 0 Å². The number of rotatable bonds is 6. The molecular formula is C14H19N3O2S. The van der Waals surface area contributed by atoms with Crippen LogP contribution in [0.25, 0.3) is 0 Å². The van der Waals surface area contributed by atoms with Crippen molar-refractivity contribution in [1.82, 2.24) is 9.97 Å². The summed E-state index contributed by atoms with van der Waals surface area (Å²) in [5, 5.41) is 4.11. The van der Waals surface area contributed by atoms with Crippen LogP contribution in [0.2, 0.25) is 0 Å². The first kappa shape index (κ1) is 14.8. The van der Waals surface area contributed by atoms with Crippen molar-refractivity contribution in [3.05, 3.63) is 24.5 Å². The Kier molecular flexibility index (Phi) is 5.86. The summed E-state index contributed by atoms with van der Waals surface area (Å²) in [5.41, 5.74) is 0. The third-order valence-corrected chi connectivity index (χ3v) is 3.75. The van der Waals surface area contributed by atoms with Gasteiger partial charge in [0, 0.05) is 6.04 Å². The van der Waals surface area contributed by atoms with E-state index in [1.165, 1.54) is 11.8 Å². The van der Waals surface area contributed by atoms with E-state index in [1.54, 1.807) is 19.3 Å². The zero-order valence-corrected chi connectivity index (χ0v) is 12.4. The Balaban J connectivity index is 1.87. The summed E-state index contributed by atoms with van der Waals surface area (Å²) in [6.07, 6.45) is 11.0. The molecule has 0 spiro atoms. The average Bonchev–Trinajstić information content (AvgIpc) is 2.47. The number of ether oxygens (including phenoxy) is 1. The van der Waals surface area contributed by atoms with Crippen LogP contribution >= 0.6 is 11.8 Å². The van der Waals surface area contributed by atoms with Gasteiger partial charge in [-0.15, -0.1) is 0 Å². The highest BCUT2D eigenvalue weighted by Crippen LogP contribution is 2.19. The molecule has 1 aliphatic carbocycles. The van der Waals surface area contributed by atoms with Gasteiger partial charge in [-0.1, -0.05) is 23.9 Å². The Labute approximate surface area is 123 Å². The second kappa shape index (κ2) is 7.89. The van der Waals surface area contributed by atoms with E-state index in [2.05, 4.69) is 27.4 Å². The van der Waals surface area contributed by atoms with Crippen molar-refractivity contribution < 1.29 is 9.53 Å². The van der Waals surface area contributed by atoms with Gasteiger partial charge in [0.25, 0.3) is 0 Å². The monoisotopic (exact) mass is 293 g/mol. The molecule has 1 atom stereocenters. The first-order valence-corrected chi connectivity index (χ1v) is 7.78. The Bertz CT molecular complexity index is 479. The smallest absolute Gasteiger partial charge is 0.316 e. The van der Waals surface area contributed by atoms with E-state index in [9.17, 15) is 4.79 Å². The topological polar surface area (TPSA) is 64.1 Å². The van der Waals surface area contributed by atoms with E-state index in [4.69, 9.17) is 4.74 Å². The highest BCUT2D eigenvalue weighted by Gasteiger charge is 2.11. The summed E-state index contributed by atoms with van der Waals surface area (Å²) in [5.74, 6) is 0.798. The molecule has 0 saturated heterocycles. The van der Waals surface area contributed by atoms with Gasteiger partial charge in [-0.05, 0) is 26.2 Å². The van der Waals surface area contributed by atoms with Crippen LogP contribution in [0.1, 0.15) is 26.2 Å². The summed E-state index contributed by atoms with van der Waals surface area (Å²) < 4.78 is 4.88. The summed E-state index contributed by atoms with van der Waals surface area (Å²) in [4.78, 5) is 19.9. The highest BCUT2D eigenvalue weighted by atomic mass is 32.2. The SMILES string of the molecule is CCOC(=O)CSc1cncc(NC2CC=CCC2)n1. The van der Waals surface area contributed by atoms with Gasteiger partial charge in [-0.3, -0.25) is 9.78 Å². The van der Waals surface area contributed by atoms with Crippen LogP contribution in [-0.4, -0.2) is 34.3 Å². The van der Waals surface area contributed by atoms with Gasteiger partial charge < -0.3 is 10.1 Å². The fourth-order valence-electron chi connectivity index (χ4n) is 1.96. The lowest BCUT2D eigenvalue weighted by atomic mass is 10.0. The van der Waals surface area contributed by atoms with E-state index >= 15 is 0 Å². The quantitative estimate of drug-likeness (QED) is 0.494. The first-order chi connectivity index (χ1) is 9.78. The number of aromatic nitrogens is 2. The molecule has 1 heterocycles. The van der Waals surface area contributed by atoms with Gasteiger partial charge >= 0.3 is 5.97 Å². The molecule has 20 heavy (non-hydrogen) atoms. The maximum absolute atomic E-state index is 11.3. The number of allylic oxidation sites excluding steroid dienone is 1. The minimum Gasteiger partial charge on any atom is -0.465 e. The van der Waals surface area contributed by atoms with E-state index < -0.39 is 0 Å². The molecule has 0 aromatic carbocycles. The average molecular weight is 293 g/mol. The summed E-state index contributed by atoms with van der Waals surface area (Å²) >= 11 is 1.34. The van der Waals surface area contributed by atoms with Gasteiger partial charge in [0.1, 0.15) is 10.8 Å². The molecule has 0 radical (unpaired) electrons. The molecule has 2 rings (SSSR count). The number of carbonyl (C=O) groups is 1. The van der Waals surface area contributed by atoms with Crippen molar-refractivity contribution in [2.24, 2.45) is 0 Å². The predicted molar refractivity (Wildman–Crippen MR) is 79.8 cm³/mol. The molecule has 108 valence electrons. The van der Waals surface area contributed by atoms with Crippen LogP contribution in [-0.2, 0) is 9.53 Å². The molecule has 1 aromatic rings. The number of esters is 1. The van der Waals surface area contributed by atoms with Crippen LogP contribution in [0, 0.1) is 0 Å². The normalized spacial score (nSPS) is 17.8. The Morgan fingerprint density at radius 1 is 1.50 bits per heavy atom. The van der Waals surface area contributed by atoms with E-state index in [0.717, 1.165) is 30.1 Å². The Morgan fingerprint density at radius 3 is 3.15 bits per heavy atom. The second-order valence-corrected chi connectivity index (χ2v) is 5.46. The van der Waals surface area contributed by atoms with Gasteiger partial charge in [-0.25, -0.2) is 4.98 Å². The zero-order chi connectivity index (χ0) is 14.2. The molecule has 0 saturated carbocycles. The lowest BCUT2D eigenvalue weighted by Crippen LogP contribution is -2.21. The molecule has 1 N–H and O–H groups in total. The molecule has 1 aliphatic rings. The van der Waals surface area contributed by atoms with Crippen molar-refractivity contribution in [2.75, 3.05) is 17.7 Å². The molecule has 0 aliphatic heterocycles. The number of hydrogen-bond acceptors (Lipinski definition) is 6. The maximum Gasteiger partial charge on any atom is 0.316 e. The predicted octanol–water partition coefficient (Wildman–Crippen LogP) is 2.65. The van der Waals surface area contributed by atoms with E-state index in [-0.39, 0.29) is 11.7 Å². The molecule has 1 unspecified atom stereocenters. The Hall–Kier alpha value is -1.56. The number of anilines is 1. The van der Waals surface area contributed by atoms with Crippen molar-refractivity contribution >= 4 is 23.5 Å². The van der Waals surface area contributed by atoms with Crippen LogP contribution in [0.4, 0.5) is 5.82 Å². The minimum absolute atomic E-state index is 0.227. The van der Waals surface area contributed by atoms with E-state index in [1.807, 2.05) is 0 Å². The van der Waals surface area contributed by atoms with E-state index in [0.29, 0.717) is 12.6 Å². The summed E-state index contributed by atoms with van der Waals surface area (Å²) in [6.45, 7) is 2.20. The number of nitrogens with one attached hydrogen (secondary N) is 1. The van der Waals surface area contributed by atoms with Gasteiger partial charge in [-0.2, -0.15) is 0 Å². The van der Waals surface area contributed by atoms with Gasteiger partial charge in [0.05, 0.1) is 24.8 Å². The van der Waals surface area contributed by atoms with Crippen LogP contribution in [0.15, 0.2) is 29.6 Å². The fourth-order valence-corrected chi connectivity index (χ4v) is 2.60. The molecule has 0 amide bonds. The van der Waals surface area contributed by atoms with Crippen LogP contribution < -0.4 is 5.32 Å². The van der Waals surface area contributed by atoms with Crippen molar-refractivity contribution in [2.45, 2.75) is 37.3 Å². The zero-order valence-electron chi connectivity index (χ0n) is 11.5. The van der Waals surface area contributed by atoms with Crippen LogP contribution in [0.5, 0.6) is 0 Å². The number of carbonyl (C=O) groups excluding carboxylic acids is 1. The lowest BCUT2D eigenvalue weighted by molar-refractivity contribution is -0.139. The molecule has 0 bridgehead atoms. The summed E-state index contributed by atoms with van der Waals surface area (Å²) in [7, 11) is 0. The first-order valence-electron chi connectivity index (χ1n) is 6.80. The molecular weight excluding hydrogens is 274 g/mol. The summed E-state index contributed by atoms with van der Waals surface area (Å²) in [6, 6.07) is 0.416. The largest absolute Gasteiger partial charge is 0.465 e. The number of hydrogen-bond donors (Lipinski definition) is 1. The third kappa shape index (κ3) is 4.85. The highest BCUT2D eigenvalue weighted by molar-refractivity contribution is 7.99. The maximum atomic E-state index is 11.3. The third-order valence-electron chi connectivity index (χ3n) is 2.88. The number of thioether (sulfide) groups is 1. The minimum atomic E-state index is -0.227. The molecule has 6 heteroatoms. The Morgan fingerprint density at radius 2 is 2.40 bits per heavy atom. The standard InChI is InChI=1S/C14H19N3O2S/c1-2-19-14(18)10-20-13-9-15-8-12(17-13)16-11-6-4-3-5-7-11/h3-4,8-9,11H,2,5-7,10H2,1H3,(H,16,17). The van der Waals surface area contributed by atoms with Gasteiger partial charge in [0.15, 0.2) is 0 Å². The molecule has 5 nitrogen and oxygen atoms in total. The lowest BCUT2D eigenvalue weighted by Gasteiger charge is -2.19.